The zero-order valence-electron chi connectivity index (χ0n) is 6.99. The van der Waals surface area contributed by atoms with E-state index in [0.29, 0.717) is 0 Å². The topological polar surface area (TPSA) is 53.2 Å². The van der Waals surface area contributed by atoms with Gasteiger partial charge in [-0.2, -0.15) is 5.26 Å². The quantitative estimate of drug-likeness (QED) is 0.701. The van der Waals surface area contributed by atoms with Crippen molar-refractivity contribution in [1.82, 2.24) is 0 Å². The van der Waals surface area contributed by atoms with Crippen molar-refractivity contribution in [1.29, 1.82) is 5.26 Å². The van der Waals surface area contributed by atoms with Gasteiger partial charge in [-0.05, 0) is 17.7 Å². The second-order valence-corrected chi connectivity index (χ2v) is 2.43. The molecule has 0 saturated heterocycles. The van der Waals surface area contributed by atoms with Gasteiger partial charge in [-0.15, -0.1) is 0 Å². The minimum Gasteiger partial charge on any atom is -0.494 e. The van der Waals surface area contributed by atoms with Crippen LogP contribution in [0.25, 0.3) is 0 Å². The zero-order valence-corrected chi connectivity index (χ0v) is 6.99. The fraction of sp³-hybridized carbons (Fsp3) is 0.222. The van der Waals surface area contributed by atoms with Gasteiger partial charge in [0.1, 0.15) is 0 Å². The van der Waals surface area contributed by atoms with Crippen LogP contribution in [0.15, 0.2) is 18.2 Å². The molecule has 3 nitrogen and oxygen atoms in total. The van der Waals surface area contributed by atoms with Crippen LogP contribution in [0.1, 0.15) is 11.7 Å². The van der Waals surface area contributed by atoms with Crippen molar-refractivity contribution in [3.8, 4) is 11.8 Å². The van der Waals surface area contributed by atoms with Gasteiger partial charge in [0.05, 0.1) is 13.2 Å². The van der Waals surface area contributed by atoms with Crippen LogP contribution in [0.2, 0.25) is 0 Å². The molecular formula is C9H8FNO2. The van der Waals surface area contributed by atoms with Crippen LogP contribution in [0.5, 0.6) is 5.75 Å². The van der Waals surface area contributed by atoms with Gasteiger partial charge in [0.25, 0.3) is 0 Å². The molecule has 0 aliphatic carbocycles. The van der Waals surface area contributed by atoms with Crippen LogP contribution >= 0.6 is 0 Å². The molecule has 0 spiro atoms. The number of ether oxygens (including phenoxy) is 1. The summed E-state index contributed by atoms with van der Waals surface area (Å²) >= 11 is 0. The van der Waals surface area contributed by atoms with E-state index in [1.807, 2.05) is 0 Å². The van der Waals surface area contributed by atoms with Crippen LogP contribution in [-0.4, -0.2) is 12.2 Å². The zero-order chi connectivity index (χ0) is 9.84. The summed E-state index contributed by atoms with van der Waals surface area (Å²) < 4.78 is 17.7. The van der Waals surface area contributed by atoms with E-state index in [1.165, 1.54) is 19.2 Å². The van der Waals surface area contributed by atoms with Crippen molar-refractivity contribution in [3.63, 3.8) is 0 Å². The molecule has 1 aromatic rings. The molecule has 1 rings (SSSR count). The van der Waals surface area contributed by atoms with E-state index in [-0.39, 0.29) is 11.3 Å². The second kappa shape index (κ2) is 3.87. The molecule has 1 N–H and O–H groups in total. The molecule has 0 aromatic heterocycles. The number of aliphatic hydroxyl groups is 1. The molecule has 0 amide bonds. The predicted molar refractivity (Wildman–Crippen MR) is 43.5 cm³/mol. The molecule has 13 heavy (non-hydrogen) atoms. The lowest BCUT2D eigenvalue weighted by Crippen LogP contribution is -1.95. The minimum absolute atomic E-state index is 0.0916. The van der Waals surface area contributed by atoms with Gasteiger partial charge < -0.3 is 9.84 Å². The third-order valence-electron chi connectivity index (χ3n) is 1.61. The van der Waals surface area contributed by atoms with Gasteiger partial charge in [0, 0.05) is 0 Å². The Morgan fingerprint density at radius 2 is 2.31 bits per heavy atom. The number of halogens is 1. The number of nitriles is 1. The van der Waals surface area contributed by atoms with Crippen molar-refractivity contribution in [2.45, 2.75) is 6.10 Å². The number of rotatable bonds is 2. The Morgan fingerprint density at radius 3 is 2.77 bits per heavy atom. The van der Waals surface area contributed by atoms with Crippen molar-refractivity contribution in [2.75, 3.05) is 7.11 Å². The largest absolute Gasteiger partial charge is 0.494 e. The Morgan fingerprint density at radius 1 is 1.62 bits per heavy atom. The highest BCUT2D eigenvalue weighted by Crippen LogP contribution is 2.21. The van der Waals surface area contributed by atoms with Crippen LogP contribution in [-0.2, 0) is 0 Å². The summed E-state index contributed by atoms with van der Waals surface area (Å²) in [5, 5.41) is 17.4. The van der Waals surface area contributed by atoms with Crippen molar-refractivity contribution >= 4 is 0 Å². The second-order valence-electron chi connectivity index (χ2n) is 2.43. The van der Waals surface area contributed by atoms with Crippen LogP contribution in [0.4, 0.5) is 4.39 Å². The van der Waals surface area contributed by atoms with E-state index in [0.717, 1.165) is 6.07 Å². The first-order chi connectivity index (χ1) is 6.19. The standard InChI is InChI=1S/C9H8FNO2/c1-13-9-3-2-6(4-7(9)10)8(12)5-11/h2-4,8,12H,1H3. The summed E-state index contributed by atoms with van der Waals surface area (Å²) in [7, 11) is 1.35. The summed E-state index contributed by atoms with van der Waals surface area (Å²) in [4.78, 5) is 0. The summed E-state index contributed by atoms with van der Waals surface area (Å²) in [6.07, 6.45) is -1.29. The number of benzene rings is 1. The summed E-state index contributed by atoms with van der Waals surface area (Å²) in [6.45, 7) is 0. The van der Waals surface area contributed by atoms with Gasteiger partial charge in [0.15, 0.2) is 17.7 Å². The minimum atomic E-state index is -1.29. The Kier molecular flexibility index (Phi) is 2.83. The van der Waals surface area contributed by atoms with Gasteiger partial charge in [-0.25, -0.2) is 4.39 Å². The Bertz CT molecular complexity index is 346. The highest BCUT2D eigenvalue weighted by atomic mass is 19.1. The van der Waals surface area contributed by atoms with Gasteiger partial charge in [-0.3, -0.25) is 0 Å². The van der Waals surface area contributed by atoms with E-state index >= 15 is 0 Å². The maximum atomic E-state index is 13.0. The summed E-state index contributed by atoms with van der Waals surface area (Å²) in [6, 6.07) is 5.48. The first-order valence-electron chi connectivity index (χ1n) is 3.60. The van der Waals surface area contributed by atoms with Crippen molar-refractivity contribution in [2.24, 2.45) is 0 Å². The molecule has 1 atom stereocenters. The normalized spacial score (nSPS) is 11.8. The average molecular weight is 181 g/mol. The number of aliphatic hydroxyl groups excluding tert-OH is 1. The molecule has 0 aliphatic rings. The summed E-state index contributed by atoms with van der Waals surface area (Å²) in [5.41, 5.74) is 0.223. The average Bonchev–Trinajstić information content (AvgIpc) is 2.16. The fourth-order valence-electron chi connectivity index (χ4n) is 0.927. The molecule has 0 radical (unpaired) electrons. The monoisotopic (exact) mass is 181 g/mol. The lowest BCUT2D eigenvalue weighted by Gasteiger charge is -2.05. The van der Waals surface area contributed by atoms with Gasteiger partial charge in [-0.1, -0.05) is 6.07 Å². The Balaban J connectivity index is 3.04. The van der Waals surface area contributed by atoms with E-state index in [1.54, 1.807) is 6.07 Å². The van der Waals surface area contributed by atoms with Gasteiger partial charge >= 0.3 is 0 Å². The van der Waals surface area contributed by atoms with Gasteiger partial charge in [0.2, 0.25) is 0 Å². The third-order valence-corrected chi connectivity index (χ3v) is 1.61. The number of hydrogen-bond donors (Lipinski definition) is 1. The number of hydrogen-bond acceptors (Lipinski definition) is 3. The van der Waals surface area contributed by atoms with Crippen LogP contribution in [0, 0.1) is 17.1 Å². The molecule has 0 fully saturated rings. The SMILES string of the molecule is COc1ccc(C(O)C#N)cc1F. The predicted octanol–water partition coefficient (Wildman–Crippen LogP) is 1.39. The molecule has 0 aliphatic heterocycles. The smallest absolute Gasteiger partial charge is 0.166 e. The van der Waals surface area contributed by atoms with E-state index in [4.69, 9.17) is 10.4 Å². The molecule has 0 heterocycles. The third kappa shape index (κ3) is 1.95. The Hall–Kier alpha value is -1.60. The first kappa shape index (κ1) is 9.49. The molecule has 0 bridgehead atoms. The molecule has 1 unspecified atom stereocenters. The van der Waals surface area contributed by atoms with E-state index in [9.17, 15) is 4.39 Å². The maximum absolute atomic E-state index is 13.0. The fourth-order valence-corrected chi connectivity index (χ4v) is 0.927. The molecular weight excluding hydrogens is 173 g/mol. The highest BCUT2D eigenvalue weighted by Gasteiger charge is 2.09. The van der Waals surface area contributed by atoms with E-state index < -0.39 is 11.9 Å². The van der Waals surface area contributed by atoms with Crippen LogP contribution < -0.4 is 4.74 Å². The Labute approximate surface area is 75.0 Å². The number of nitrogens with zero attached hydrogens (tertiary/aromatic N) is 1. The maximum Gasteiger partial charge on any atom is 0.166 e. The summed E-state index contributed by atoms with van der Waals surface area (Å²) in [5.74, 6) is -0.497. The highest BCUT2D eigenvalue weighted by molar-refractivity contribution is 5.32. The lowest BCUT2D eigenvalue weighted by atomic mass is 10.1. The van der Waals surface area contributed by atoms with Crippen molar-refractivity contribution in [3.05, 3.63) is 29.6 Å². The first-order valence-corrected chi connectivity index (χ1v) is 3.60. The van der Waals surface area contributed by atoms with Crippen LogP contribution in [0.3, 0.4) is 0 Å². The number of methoxy groups -OCH3 is 1. The molecule has 0 saturated carbocycles. The molecule has 4 heteroatoms. The van der Waals surface area contributed by atoms with E-state index in [2.05, 4.69) is 4.74 Å². The van der Waals surface area contributed by atoms with Crippen molar-refractivity contribution < 1.29 is 14.2 Å². The molecule has 68 valence electrons. The molecule has 1 aromatic carbocycles. The lowest BCUT2D eigenvalue weighted by molar-refractivity contribution is 0.235.